The highest BCUT2D eigenvalue weighted by Crippen LogP contribution is 2.40. The number of ether oxygens (including phenoxy) is 4. The summed E-state index contributed by atoms with van der Waals surface area (Å²) in [5, 5.41) is 0.608. The first-order valence-corrected chi connectivity index (χ1v) is 11.8. The largest absolute Gasteiger partial charge is 0.495 e. The normalized spacial score (nSPS) is 13.8. The van der Waals surface area contributed by atoms with E-state index in [1.165, 1.54) is 11.3 Å². The van der Waals surface area contributed by atoms with Crippen LogP contribution in [0.2, 0.25) is 0 Å². The van der Waals surface area contributed by atoms with E-state index in [-0.39, 0.29) is 24.9 Å². The summed E-state index contributed by atoms with van der Waals surface area (Å²) in [6.45, 7) is 4.71. The maximum atomic E-state index is 13.3. The van der Waals surface area contributed by atoms with Crippen LogP contribution in [0.3, 0.4) is 0 Å². The highest BCUT2D eigenvalue weighted by atomic mass is 35.5. The van der Waals surface area contributed by atoms with Gasteiger partial charge in [0.05, 0.1) is 27.4 Å². The van der Waals surface area contributed by atoms with Gasteiger partial charge in [0.25, 0.3) is 5.91 Å². The second-order valence-corrected chi connectivity index (χ2v) is 8.58. The Balaban J connectivity index is 0.00000324. The van der Waals surface area contributed by atoms with Gasteiger partial charge in [-0.05, 0) is 30.7 Å². The number of halogens is 1. The van der Waals surface area contributed by atoms with Crippen LogP contribution in [0.25, 0.3) is 10.2 Å². The van der Waals surface area contributed by atoms with Crippen molar-refractivity contribution in [1.82, 2.24) is 9.88 Å². The lowest BCUT2D eigenvalue weighted by atomic mass is 10.3. The molecule has 3 aromatic rings. The van der Waals surface area contributed by atoms with E-state index in [1.54, 1.807) is 19.1 Å². The van der Waals surface area contributed by atoms with Crippen LogP contribution in [0.5, 0.6) is 17.2 Å². The molecule has 34 heavy (non-hydrogen) atoms. The molecule has 1 saturated heterocycles. The van der Waals surface area contributed by atoms with Gasteiger partial charge >= 0.3 is 0 Å². The number of rotatable bonds is 10. The molecular weight excluding hydrogens is 478 g/mol. The molecule has 0 aliphatic carbocycles. The van der Waals surface area contributed by atoms with Gasteiger partial charge in [-0.15, -0.1) is 12.4 Å². The number of carbonyl (C=O) groups is 1. The van der Waals surface area contributed by atoms with Crippen LogP contribution in [-0.4, -0.2) is 76.0 Å². The van der Waals surface area contributed by atoms with Crippen molar-refractivity contribution in [3.05, 3.63) is 42.5 Å². The molecule has 2 heterocycles. The second-order valence-electron chi connectivity index (χ2n) is 7.60. The molecule has 0 bridgehead atoms. The summed E-state index contributed by atoms with van der Waals surface area (Å²) >= 11 is 1.42. The van der Waals surface area contributed by atoms with Gasteiger partial charge in [-0.25, -0.2) is 4.98 Å². The van der Waals surface area contributed by atoms with E-state index in [9.17, 15) is 4.79 Å². The second kappa shape index (κ2) is 12.8. The number of amides is 1. The van der Waals surface area contributed by atoms with E-state index in [0.29, 0.717) is 34.4 Å². The molecule has 1 aromatic heterocycles. The lowest BCUT2D eigenvalue weighted by molar-refractivity contribution is -0.120. The van der Waals surface area contributed by atoms with Crippen LogP contribution in [-0.2, 0) is 9.53 Å². The molecule has 0 radical (unpaired) electrons. The molecule has 0 spiro atoms. The summed E-state index contributed by atoms with van der Waals surface area (Å²) in [7, 11) is 3.23. The van der Waals surface area contributed by atoms with Gasteiger partial charge in [0, 0.05) is 26.2 Å². The Morgan fingerprint density at radius 1 is 1.09 bits per heavy atom. The van der Waals surface area contributed by atoms with E-state index in [2.05, 4.69) is 4.90 Å². The van der Waals surface area contributed by atoms with Crippen molar-refractivity contribution < 1.29 is 23.7 Å². The molecule has 1 fully saturated rings. The third-order valence-electron chi connectivity index (χ3n) is 5.50. The van der Waals surface area contributed by atoms with E-state index >= 15 is 0 Å². The Bertz CT molecular complexity index is 1020. The number of anilines is 1. The summed E-state index contributed by atoms with van der Waals surface area (Å²) in [6, 6.07) is 13.0. The molecule has 4 rings (SSSR count). The van der Waals surface area contributed by atoms with Gasteiger partial charge in [-0.1, -0.05) is 29.5 Å². The van der Waals surface area contributed by atoms with Crippen molar-refractivity contribution >= 4 is 45.0 Å². The van der Waals surface area contributed by atoms with Crippen molar-refractivity contribution in [3.63, 3.8) is 0 Å². The topological polar surface area (TPSA) is 73.4 Å². The Labute approximate surface area is 209 Å². The van der Waals surface area contributed by atoms with Gasteiger partial charge in [-0.2, -0.15) is 0 Å². The lowest BCUT2D eigenvalue weighted by Crippen LogP contribution is -2.40. The van der Waals surface area contributed by atoms with Gasteiger partial charge in [0.1, 0.15) is 27.5 Å². The highest BCUT2D eigenvalue weighted by molar-refractivity contribution is 7.22. The summed E-state index contributed by atoms with van der Waals surface area (Å²) in [5.74, 6) is 1.87. The molecule has 10 heteroatoms. The zero-order valence-electron chi connectivity index (χ0n) is 19.4. The number of carbonyl (C=O) groups excluding carboxylic acids is 1. The average molecular weight is 508 g/mol. The summed E-state index contributed by atoms with van der Waals surface area (Å²) < 4.78 is 23.0. The van der Waals surface area contributed by atoms with Crippen molar-refractivity contribution in [2.75, 3.05) is 65.1 Å². The van der Waals surface area contributed by atoms with Crippen LogP contribution in [0.15, 0.2) is 42.5 Å². The number of methoxy groups -OCH3 is 2. The fourth-order valence-corrected chi connectivity index (χ4v) is 4.85. The maximum absolute atomic E-state index is 13.3. The third kappa shape index (κ3) is 6.29. The van der Waals surface area contributed by atoms with Crippen LogP contribution >= 0.6 is 23.7 Å². The fraction of sp³-hybridized carbons (Fsp3) is 0.417. The van der Waals surface area contributed by atoms with Crippen molar-refractivity contribution in [1.29, 1.82) is 0 Å². The Hall–Kier alpha value is -2.59. The van der Waals surface area contributed by atoms with Crippen molar-refractivity contribution in [3.8, 4) is 17.2 Å². The van der Waals surface area contributed by atoms with Crippen LogP contribution in [0.4, 0.5) is 5.13 Å². The Morgan fingerprint density at radius 3 is 2.50 bits per heavy atom. The summed E-state index contributed by atoms with van der Waals surface area (Å²) in [6.07, 6.45) is 0.821. The molecule has 184 valence electrons. The van der Waals surface area contributed by atoms with Crippen LogP contribution in [0.1, 0.15) is 6.42 Å². The number of para-hydroxylation sites is 1. The quantitative estimate of drug-likeness (QED) is 0.412. The van der Waals surface area contributed by atoms with E-state index < -0.39 is 0 Å². The predicted octanol–water partition coefficient (Wildman–Crippen LogP) is 3.87. The maximum Gasteiger partial charge on any atom is 0.266 e. The number of benzene rings is 2. The van der Waals surface area contributed by atoms with Crippen LogP contribution in [0, 0.1) is 0 Å². The highest BCUT2D eigenvalue weighted by Gasteiger charge is 2.23. The first kappa shape index (κ1) is 26.0. The van der Waals surface area contributed by atoms with Gasteiger partial charge < -0.3 is 18.9 Å². The number of morpholine rings is 1. The first-order valence-electron chi connectivity index (χ1n) is 11.0. The summed E-state index contributed by atoms with van der Waals surface area (Å²) in [5.41, 5.74) is 0.687. The first-order chi connectivity index (χ1) is 16.2. The molecule has 0 atom stereocenters. The number of nitrogens with zero attached hydrogens (tertiary/aromatic N) is 3. The zero-order chi connectivity index (χ0) is 23.0. The van der Waals surface area contributed by atoms with Crippen LogP contribution < -0.4 is 19.1 Å². The number of aromatic nitrogens is 1. The van der Waals surface area contributed by atoms with E-state index in [1.807, 2.05) is 42.5 Å². The SMILES string of the molecule is COc1ccc(OC)c2sc(N(CCCN3CCOCC3)C(=O)COc3ccccc3)nc12.Cl. The number of hydrogen-bond acceptors (Lipinski definition) is 8. The molecular formula is C24H30ClN3O5S. The van der Waals surface area contributed by atoms with Gasteiger partial charge in [0.2, 0.25) is 0 Å². The number of thiazole rings is 1. The Kier molecular flexibility index (Phi) is 9.76. The molecule has 0 N–H and O–H groups in total. The Morgan fingerprint density at radius 2 is 1.79 bits per heavy atom. The van der Waals surface area contributed by atoms with Gasteiger partial charge in [-0.3, -0.25) is 14.6 Å². The molecule has 1 aliphatic heterocycles. The predicted molar refractivity (Wildman–Crippen MR) is 136 cm³/mol. The molecule has 2 aromatic carbocycles. The van der Waals surface area contributed by atoms with E-state index in [0.717, 1.165) is 44.0 Å². The summed E-state index contributed by atoms with van der Waals surface area (Å²) in [4.78, 5) is 22.1. The smallest absolute Gasteiger partial charge is 0.266 e. The molecule has 0 saturated carbocycles. The molecule has 0 unspecified atom stereocenters. The van der Waals surface area contributed by atoms with Crippen molar-refractivity contribution in [2.24, 2.45) is 0 Å². The number of hydrogen-bond donors (Lipinski definition) is 0. The van der Waals surface area contributed by atoms with Crippen molar-refractivity contribution in [2.45, 2.75) is 6.42 Å². The van der Waals surface area contributed by atoms with E-state index in [4.69, 9.17) is 23.9 Å². The molecule has 8 nitrogen and oxygen atoms in total. The van der Waals surface area contributed by atoms with Gasteiger partial charge in [0.15, 0.2) is 11.7 Å². The average Bonchev–Trinajstić information content (AvgIpc) is 3.31. The monoisotopic (exact) mass is 507 g/mol. The minimum atomic E-state index is -0.141. The minimum Gasteiger partial charge on any atom is -0.495 e. The standard InChI is InChI=1S/C24H29N3O5S.ClH/c1-29-19-9-10-20(30-2)23-22(19)25-24(33-23)27(12-6-11-26-13-15-31-16-14-26)21(28)17-32-18-7-4-3-5-8-18;/h3-5,7-10H,6,11-17H2,1-2H3;1H. The third-order valence-corrected chi connectivity index (χ3v) is 6.59. The lowest BCUT2D eigenvalue weighted by Gasteiger charge is -2.27. The zero-order valence-corrected chi connectivity index (χ0v) is 21.0. The molecule has 1 aliphatic rings. The minimum absolute atomic E-state index is 0. The fourth-order valence-electron chi connectivity index (χ4n) is 3.73. The molecule has 1 amide bonds. The number of fused-ring (bicyclic) bond motifs is 1.